The zero-order valence-electron chi connectivity index (χ0n) is 15.3. The highest BCUT2D eigenvalue weighted by Gasteiger charge is 2.53. The average Bonchev–Trinajstić information content (AvgIpc) is 3.31. The standard InChI is InChI=1S/C23H21N3O/c1-13-6-8-14(9-7-13)21-19-15-10-11-16(12-15)20(19)22-24-18-5-3-2-4-17(18)23(27)26(22)25-21/h2-9,15-16,19-20H,10-12H2,1H3/t15-,16+,19-,20+/m0/s1. The van der Waals surface area contributed by atoms with Gasteiger partial charge in [0, 0.05) is 11.8 Å². The lowest BCUT2D eigenvalue weighted by Gasteiger charge is -2.35. The summed E-state index contributed by atoms with van der Waals surface area (Å²) in [6.07, 6.45) is 3.76. The van der Waals surface area contributed by atoms with E-state index in [2.05, 4.69) is 31.2 Å². The Morgan fingerprint density at radius 2 is 1.70 bits per heavy atom. The summed E-state index contributed by atoms with van der Waals surface area (Å²) in [6.45, 7) is 2.10. The molecule has 4 atom stereocenters. The molecule has 134 valence electrons. The summed E-state index contributed by atoms with van der Waals surface area (Å²) in [4.78, 5) is 18.2. The highest BCUT2D eigenvalue weighted by Crippen LogP contribution is 2.58. The van der Waals surface area contributed by atoms with Crippen LogP contribution in [0.25, 0.3) is 10.9 Å². The molecule has 4 nitrogen and oxygen atoms in total. The van der Waals surface area contributed by atoms with Gasteiger partial charge in [0.05, 0.1) is 16.6 Å². The van der Waals surface area contributed by atoms with E-state index in [9.17, 15) is 4.79 Å². The van der Waals surface area contributed by atoms with Gasteiger partial charge in [-0.15, -0.1) is 0 Å². The minimum Gasteiger partial charge on any atom is -0.267 e. The van der Waals surface area contributed by atoms with Crippen LogP contribution in [-0.4, -0.2) is 15.4 Å². The zero-order valence-corrected chi connectivity index (χ0v) is 15.3. The fraction of sp³-hybridized carbons (Fsp3) is 0.348. The molecule has 2 bridgehead atoms. The van der Waals surface area contributed by atoms with E-state index in [0.717, 1.165) is 22.6 Å². The highest BCUT2D eigenvalue weighted by atomic mass is 16.1. The number of para-hydroxylation sites is 1. The highest BCUT2D eigenvalue weighted by molar-refractivity contribution is 6.03. The first kappa shape index (κ1) is 15.3. The largest absolute Gasteiger partial charge is 0.282 e. The zero-order chi connectivity index (χ0) is 18.1. The third-order valence-electron chi connectivity index (χ3n) is 6.86. The molecule has 3 aromatic rings. The van der Waals surface area contributed by atoms with Gasteiger partial charge in [0.25, 0.3) is 5.56 Å². The predicted octanol–water partition coefficient (Wildman–Crippen LogP) is 4.10. The maximum atomic E-state index is 13.2. The van der Waals surface area contributed by atoms with Gasteiger partial charge in [0.15, 0.2) is 0 Å². The first-order chi connectivity index (χ1) is 13.2. The second kappa shape index (κ2) is 5.38. The molecule has 3 aliphatic rings. The van der Waals surface area contributed by atoms with Crippen molar-refractivity contribution in [3.63, 3.8) is 0 Å². The monoisotopic (exact) mass is 355 g/mol. The third-order valence-corrected chi connectivity index (χ3v) is 6.86. The molecule has 1 aliphatic heterocycles. The first-order valence-corrected chi connectivity index (χ1v) is 9.88. The van der Waals surface area contributed by atoms with Crippen molar-refractivity contribution in [3.8, 4) is 0 Å². The quantitative estimate of drug-likeness (QED) is 0.660. The smallest absolute Gasteiger partial charge is 0.267 e. The Balaban J connectivity index is 1.65. The third kappa shape index (κ3) is 2.07. The maximum Gasteiger partial charge on any atom is 0.282 e. The van der Waals surface area contributed by atoms with Gasteiger partial charge in [0.2, 0.25) is 0 Å². The molecular formula is C23H21N3O. The Bertz CT molecular complexity index is 1160. The van der Waals surface area contributed by atoms with Crippen molar-refractivity contribution in [1.82, 2.24) is 9.66 Å². The van der Waals surface area contributed by atoms with Gasteiger partial charge in [-0.05, 0) is 55.7 Å². The molecule has 6 rings (SSSR count). The Labute approximate surface area is 157 Å². The molecular weight excluding hydrogens is 334 g/mol. The first-order valence-electron chi connectivity index (χ1n) is 9.88. The summed E-state index contributed by atoms with van der Waals surface area (Å²) in [6, 6.07) is 16.2. The van der Waals surface area contributed by atoms with Gasteiger partial charge in [-0.2, -0.15) is 9.78 Å². The van der Waals surface area contributed by atoms with Gasteiger partial charge in [-0.3, -0.25) is 4.79 Å². The summed E-state index contributed by atoms with van der Waals surface area (Å²) in [5, 5.41) is 5.56. The van der Waals surface area contributed by atoms with E-state index < -0.39 is 0 Å². The molecule has 0 spiro atoms. The molecule has 0 unspecified atom stereocenters. The Morgan fingerprint density at radius 3 is 2.52 bits per heavy atom. The molecule has 2 aromatic carbocycles. The van der Waals surface area contributed by atoms with Crippen molar-refractivity contribution >= 4 is 16.6 Å². The average molecular weight is 355 g/mol. The van der Waals surface area contributed by atoms with E-state index in [0.29, 0.717) is 29.1 Å². The summed E-state index contributed by atoms with van der Waals surface area (Å²) >= 11 is 0. The van der Waals surface area contributed by atoms with Crippen LogP contribution in [0.4, 0.5) is 0 Å². The fourth-order valence-electron chi connectivity index (χ4n) is 5.66. The molecule has 0 N–H and O–H groups in total. The van der Waals surface area contributed by atoms with Crippen molar-refractivity contribution in [2.75, 3.05) is 0 Å². The van der Waals surface area contributed by atoms with Crippen molar-refractivity contribution in [2.24, 2.45) is 22.9 Å². The topological polar surface area (TPSA) is 47.2 Å². The Morgan fingerprint density at radius 1 is 0.963 bits per heavy atom. The molecule has 2 aliphatic carbocycles. The van der Waals surface area contributed by atoms with Crippen molar-refractivity contribution < 1.29 is 0 Å². The van der Waals surface area contributed by atoms with Crippen LogP contribution >= 0.6 is 0 Å². The van der Waals surface area contributed by atoms with Crippen LogP contribution in [-0.2, 0) is 0 Å². The van der Waals surface area contributed by atoms with Gasteiger partial charge >= 0.3 is 0 Å². The van der Waals surface area contributed by atoms with E-state index in [1.165, 1.54) is 24.8 Å². The number of aromatic nitrogens is 2. The van der Waals surface area contributed by atoms with E-state index in [1.807, 2.05) is 24.3 Å². The molecule has 27 heavy (non-hydrogen) atoms. The van der Waals surface area contributed by atoms with Gasteiger partial charge < -0.3 is 0 Å². The lowest BCUT2D eigenvalue weighted by molar-refractivity contribution is 0.327. The summed E-state index contributed by atoms with van der Waals surface area (Å²) in [5.74, 6) is 2.87. The van der Waals surface area contributed by atoms with E-state index >= 15 is 0 Å². The molecule has 2 saturated carbocycles. The summed E-state index contributed by atoms with van der Waals surface area (Å²) in [5.41, 5.74) is 4.23. The fourth-order valence-corrected chi connectivity index (χ4v) is 5.66. The normalized spacial score (nSPS) is 28.1. The van der Waals surface area contributed by atoms with Crippen LogP contribution in [0.2, 0.25) is 0 Å². The number of hydrogen-bond acceptors (Lipinski definition) is 3. The van der Waals surface area contributed by atoms with Gasteiger partial charge in [0.1, 0.15) is 5.82 Å². The van der Waals surface area contributed by atoms with Crippen LogP contribution in [0.5, 0.6) is 0 Å². The SMILES string of the molecule is Cc1ccc(C2=Nn3c(nc4ccccc4c3=O)[C@@H]3[C@@H]4CC[C@@H](C4)[C@H]23)cc1. The molecule has 0 amide bonds. The van der Waals surface area contributed by atoms with Crippen molar-refractivity contribution in [3.05, 3.63) is 75.8 Å². The van der Waals surface area contributed by atoms with Crippen LogP contribution in [0.3, 0.4) is 0 Å². The van der Waals surface area contributed by atoms with Crippen LogP contribution < -0.4 is 5.56 Å². The lowest BCUT2D eigenvalue weighted by atomic mass is 9.73. The number of rotatable bonds is 1. The number of aryl methyl sites for hydroxylation is 1. The molecule has 0 radical (unpaired) electrons. The van der Waals surface area contributed by atoms with Crippen LogP contribution in [0, 0.1) is 24.7 Å². The second-order valence-corrected chi connectivity index (χ2v) is 8.34. The van der Waals surface area contributed by atoms with Crippen LogP contribution in [0.15, 0.2) is 58.4 Å². The van der Waals surface area contributed by atoms with E-state index in [1.54, 1.807) is 4.68 Å². The van der Waals surface area contributed by atoms with Crippen molar-refractivity contribution in [2.45, 2.75) is 32.1 Å². The van der Waals surface area contributed by atoms with Crippen LogP contribution in [0.1, 0.15) is 42.1 Å². The minimum absolute atomic E-state index is 0.0403. The molecule has 0 saturated heterocycles. The van der Waals surface area contributed by atoms with E-state index in [4.69, 9.17) is 10.1 Å². The summed E-state index contributed by atoms with van der Waals surface area (Å²) in [7, 11) is 0. The van der Waals surface area contributed by atoms with E-state index in [-0.39, 0.29) is 5.56 Å². The second-order valence-electron chi connectivity index (χ2n) is 8.34. The predicted molar refractivity (Wildman–Crippen MR) is 106 cm³/mol. The lowest BCUT2D eigenvalue weighted by Crippen LogP contribution is -2.39. The summed E-state index contributed by atoms with van der Waals surface area (Å²) < 4.78 is 1.61. The number of fused-ring (bicyclic) bond motifs is 8. The van der Waals surface area contributed by atoms with Gasteiger partial charge in [-0.1, -0.05) is 42.0 Å². The minimum atomic E-state index is -0.0403. The van der Waals surface area contributed by atoms with Gasteiger partial charge in [-0.25, -0.2) is 4.98 Å². The molecule has 2 heterocycles. The van der Waals surface area contributed by atoms with Crippen molar-refractivity contribution in [1.29, 1.82) is 0 Å². The molecule has 4 heteroatoms. The Hall–Kier alpha value is -2.75. The molecule has 2 fully saturated rings. The number of hydrogen-bond donors (Lipinski definition) is 0. The Kier molecular flexibility index (Phi) is 3.05. The number of nitrogens with zero attached hydrogens (tertiary/aromatic N) is 3. The molecule has 1 aromatic heterocycles. The number of benzene rings is 2. The maximum absolute atomic E-state index is 13.2.